The van der Waals surface area contributed by atoms with E-state index in [1.54, 1.807) is 0 Å². The molecule has 3 heterocycles. The molecule has 9 aromatic rings. The van der Waals surface area contributed by atoms with Crippen LogP contribution in [-0.2, 0) is 0 Å². The lowest BCUT2D eigenvalue weighted by molar-refractivity contribution is 0.665. The Morgan fingerprint density at radius 3 is 1.78 bits per heavy atom. The van der Waals surface area contributed by atoms with Crippen LogP contribution in [0.4, 0.5) is 0 Å². The molecule has 0 spiro atoms. The molecule has 1 aliphatic rings. The number of nitrogens with zero attached hydrogens (tertiary/aromatic N) is 2. The van der Waals surface area contributed by atoms with Crippen molar-refractivity contribution in [2.24, 2.45) is 9.98 Å². The van der Waals surface area contributed by atoms with Crippen LogP contribution in [0.5, 0.6) is 0 Å². The fraction of sp³-hybridized carbons (Fsp3) is 0.0222. The first-order valence-electron chi connectivity index (χ1n) is 16.8. The Hall–Kier alpha value is -6.72. The van der Waals surface area contributed by atoms with Crippen molar-refractivity contribution in [1.82, 2.24) is 5.32 Å². The van der Waals surface area contributed by atoms with Gasteiger partial charge in [0, 0.05) is 43.8 Å². The normalized spacial score (nSPS) is 14.6. The van der Waals surface area contributed by atoms with E-state index in [0.29, 0.717) is 5.84 Å². The van der Waals surface area contributed by atoms with Crippen LogP contribution >= 0.6 is 0 Å². The average molecular weight is 644 g/mol. The van der Waals surface area contributed by atoms with Crippen molar-refractivity contribution >= 4 is 55.5 Å². The first-order chi connectivity index (χ1) is 24.8. The van der Waals surface area contributed by atoms with Crippen LogP contribution in [0.1, 0.15) is 22.9 Å². The molecule has 0 aliphatic carbocycles. The number of rotatable bonds is 5. The molecule has 1 atom stereocenters. The molecule has 10 rings (SSSR count). The third-order valence-electron chi connectivity index (χ3n) is 9.58. The molecular formula is C45H29N3O2. The SMILES string of the molecule is c1ccc(C2=NC(c3cccc4oc5c(-c6cccc7c6oc6ccccc67)cccc5c34)=NC(c3ccc(-c4ccccc4)cc3)N2)cc1. The minimum Gasteiger partial charge on any atom is -0.455 e. The largest absolute Gasteiger partial charge is 0.455 e. The maximum atomic E-state index is 6.71. The maximum Gasteiger partial charge on any atom is 0.160 e. The standard InChI is InChI=1S/C45H29N3O2/c1-3-12-28(13-4-1)29-24-26-31(27-25-29)44-46-43(30-14-5-2-6-15-30)47-45(48-44)37-21-11-23-39-40(37)36-20-10-19-35(42(36)50-39)34-18-9-17-33-32-16-7-8-22-38(32)49-41(33)34/h1-27,44H,(H,46,47,48). The van der Waals surface area contributed by atoms with Gasteiger partial charge in [0.1, 0.15) is 34.3 Å². The van der Waals surface area contributed by atoms with Gasteiger partial charge in [-0.05, 0) is 28.8 Å². The highest BCUT2D eigenvalue weighted by atomic mass is 16.3. The highest BCUT2D eigenvalue weighted by Gasteiger charge is 2.25. The number of benzene rings is 7. The second-order valence-electron chi connectivity index (χ2n) is 12.6. The zero-order valence-corrected chi connectivity index (χ0v) is 26.9. The van der Waals surface area contributed by atoms with Gasteiger partial charge in [0.05, 0.1) is 0 Å². The third-order valence-corrected chi connectivity index (χ3v) is 9.58. The molecule has 0 fully saturated rings. The van der Waals surface area contributed by atoms with Gasteiger partial charge in [-0.2, -0.15) is 0 Å². The molecule has 236 valence electrons. The van der Waals surface area contributed by atoms with Gasteiger partial charge in [-0.1, -0.05) is 152 Å². The fourth-order valence-electron chi connectivity index (χ4n) is 7.18. The van der Waals surface area contributed by atoms with Crippen LogP contribution in [0.3, 0.4) is 0 Å². The van der Waals surface area contributed by atoms with E-state index in [0.717, 1.165) is 83.1 Å². The molecule has 5 heteroatoms. The maximum absolute atomic E-state index is 6.71. The number of fused-ring (bicyclic) bond motifs is 6. The minimum atomic E-state index is -0.336. The quantitative estimate of drug-likeness (QED) is 0.203. The smallest absolute Gasteiger partial charge is 0.160 e. The van der Waals surface area contributed by atoms with Crippen molar-refractivity contribution in [3.8, 4) is 22.3 Å². The number of amidine groups is 2. The van der Waals surface area contributed by atoms with Gasteiger partial charge in [0.2, 0.25) is 0 Å². The number of hydrogen-bond donors (Lipinski definition) is 1. The Bertz CT molecular complexity index is 2770. The van der Waals surface area contributed by atoms with Crippen molar-refractivity contribution in [3.05, 3.63) is 180 Å². The van der Waals surface area contributed by atoms with E-state index in [9.17, 15) is 0 Å². The monoisotopic (exact) mass is 643 g/mol. The summed E-state index contributed by atoms with van der Waals surface area (Å²) in [5.74, 6) is 1.42. The zero-order chi connectivity index (χ0) is 33.0. The molecule has 0 radical (unpaired) electrons. The Morgan fingerprint density at radius 2 is 1.00 bits per heavy atom. The molecule has 7 aromatic carbocycles. The highest BCUT2D eigenvalue weighted by molar-refractivity contribution is 6.23. The molecule has 2 aromatic heterocycles. The van der Waals surface area contributed by atoms with Crippen molar-refractivity contribution in [3.63, 3.8) is 0 Å². The second kappa shape index (κ2) is 11.5. The summed E-state index contributed by atoms with van der Waals surface area (Å²) in [4.78, 5) is 10.4. The molecule has 0 amide bonds. The van der Waals surface area contributed by atoms with E-state index in [1.807, 2.05) is 54.6 Å². The Morgan fingerprint density at radius 1 is 0.440 bits per heavy atom. The Labute approximate surface area is 287 Å². The molecular weight excluding hydrogens is 615 g/mol. The van der Waals surface area contributed by atoms with Gasteiger partial charge < -0.3 is 14.2 Å². The van der Waals surface area contributed by atoms with Crippen molar-refractivity contribution in [2.75, 3.05) is 0 Å². The Kier molecular flexibility index (Phi) is 6.49. The summed E-state index contributed by atoms with van der Waals surface area (Å²) in [6.45, 7) is 0. The van der Waals surface area contributed by atoms with E-state index in [-0.39, 0.29) is 6.17 Å². The number of hydrogen-bond acceptors (Lipinski definition) is 5. The number of aliphatic imine (C=N–C) groups is 2. The van der Waals surface area contributed by atoms with E-state index < -0.39 is 0 Å². The lowest BCUT2D eigenvalue weighted by atomic mass is 9.98. The number of para-hydroxylation sites is 3. The first-order valence-corrected chi connectivity index (χ1v) is 16.8. The summed E-state index contributed by atoms with van der Waals surface area (Å²) in [6.07, 6.45) is -0.336. The van der Waals surface area contributed by atoms with Gasteiger partial charge in [0.15, 0.2) is 5.84 Å². The zero-order valence-electron chi connectivity index (χ0n) is 26.9. The molecule has 0 saturated carbocycles. The fourth-order valence-corrected chi connectivity index (χ4v) is 7.18. The summed E-state index contributed by atoms with van der Waals surface area (Å²) in [6, 6.07) is 56.2. The predicted octanol–water partition coefficient (Wildman–Crippen LogP) is 11.3. The molecule has 5 nitrogen and oxygen atoms in total. The van der Waals surface area contributed by atoms with Crippen LogP contribution in [0.25, 0.3) is 66.1 Å². The van der Waals surface area contributed by atoms with Crippen molar-refractivity contribution < 1.29 is 8.83 Å². The van der Waals surface area contributed by atoms with E-state index >= 15 is 0 Å². The Balaban J connectivity index is 1.14. The summed E-state index contributed by atoms with van der Waals surface area (Å²) in [5, 5.41) is 7.78. The van der Waals surface area contributed by atoms with Crippen LogP contribution in [0.15, 0.2) is 183 Å². The van der Waals surface area contributed by atoms with Crippen molar-refractivity contribution in [2.45, 2.75) is 6.17 Å². The van der Waals surface area contributed by atoms with Gasteiger partial charge in [0.25, 0.3) is 0 Å². The lowest BCUT2D eigenvalue weighted by Gasteiger charge is -2.24. The van der Waals surface area contributed by atoms with E-state index in [4.69, 9.17) is 18.8 Å². The van der Waals surface area contributed by atoms with Gasteiger partial charge >= 0.3 is 0 Å². The van der Waals surface area contributed by atoms with Crippen LogP contribution in [0, 0.1) is 0 Å². The molecule has 1 aliphatic heterocycles. The van der Waals surface area contributed by atoms with Crippen LogP contribution < -0.4 is 5.32 Å². The topological polar surface area (TPSA) is 63.0 Å². The van der Waals surface area contributed by atoms with Gasteiger partial charge in [-0.3, -0.25) is 0 Å². The molecule has 0 saturated heterocycles. The number of furan rings is 2. The highest BCUT2D eigenvalue weighted by Crippen LogP contribution is 2.42. The van der Waals surface area contributed by atoms with E-state index in [2.05, 4.69) is 115 Å². The van der Waals surface area contributed by atoms with Crippen LogP contribution in [-0.4, -0.2) is 11.7 Å². The second-order valence-corrected chi connectivity index (χ2v) is 12.6. The van der Waals surface area contributed by atoms with Crippen molar-refractivity contribution in [1.29, 1.82) is 0 Å². The summed E-state index contributed by atoms with van der Waals surface area (Å²) in [7, 11) is 0. The molecule has 50 heavy (non-hydrogen) atoms. The average Bonchev–Trinajstić information content (AvgIpc) is 3.77. The molecule has 1 unspecified atom stereocenters. The molecule has 0 bridgehead atoms. The van der Waals surface area contributed by atoms with Gasteiger partial charge in [-0.25, -0.2) is 9.98 Å². The lowest BCUT2D eigenvalue weighted by Crippen LogP contribution is -2.33. The molecule has 1 N–H and O–H groups in total. The first kappa shape index (κ1) is 28.3. The minimum absolute atomic E-state index is 0.336. The third kappa shape index (κ3) is 4.63. The van der Waals surface area contributed by atoms with Crippen LogP contribution in [0.2, 0.25) is 0 Å². The summed E-state index contributed by atoms with van der Waals surface area (Å²) < 4.78 is 13.1. The predicted molar refractivity (Wildman–Crippen MR) is 204 cm³/mol. The summed E-state index contributed by atoms with van der Waals surface area (Å²) >= 11 is 0. The summed E-state index contributed by atoms with van der Waals surface area (Å²) in [5.41, 5.74) is 10.6. The van der Waals surface area contributed by atoms with Gasteiger partial charge in [-0.15, -0.1) is 0 Å². The van der Waals surface area contributed by atoms with E-state index in [1.165, 1.54) is 5.56 Å². The number of nitrogens with one attached hydrogen (secondary N) is 1.